The van der Waals surface area contributed by atoms with Crippen LogP contribution >= 0.6 is 11.3 Å². The Kier molecular flexibility index (Phi) is 4.97. The highest BCUT2D eigenvalue weighted by atomic mass is 32.1. The number of pyridine rings is 1. The van der Waals surface area contributed by atoms with Crippen molar-refractivity contribution in [2.75, 3.05) is 11.9 Å². The second-order valence-corrected chi connectivity index (χ2v) is 6.35. The molecular formula is C15H17N3O4S. The summed E-state index contributed by atoms with van der Waals surface area (Å²) in [6.07, 6.45) is 1.63. The number of nitrogens with zero attached hydrogens (tertiary/aromatic N) is 1. The summed E-state index contributed by atoms with van der Waals surface area (Å²) >= 11 is 1.58. The standard InChI is InChI=1S/C15H17N3O4S/c1-9-6-10(7-23-9)12-11(4-3-5-16-12)18-14(21)17-8-15(2,22)13(19)20/h3-7,22H,8H2,1-2H3,(H,19,20)(H2,17,18,21). The Morgan fingerprint density at radius 2 is 2.17 bits per heavy atom. The molecule has 0 aromatic carbocycles. The molecule has 0 spiro atoms. The third kappa shape index (κ3) is 4.27. The first-order chi connectivity index (χ1) is 10.8. The van der Waals surface area contributed by atoms with E-state index in [0.717, 1.165) is 17.4 Å². The lowest BCUT2D eigenvalue weighted by atomic mass is 10.1. The molecule has 23 heavy (non-hydrogen) atoms. The number of thiophene rings is 1. The van der Waals surface area contributed by atoms with Gasteiger partial charge in [-0.15, -0.1) is 11.3 Å². The van der Waals surface area contributed by atoms with Gasteiger partial charge in [0.25, 0.3) is 0 Å². The number of nitrogens with one attached hydrogen (secondary N) is 2. The summed E-state index contributed by atoms with van der Waals surface area (Å²) in [6.45, 7) is 2.67. The van der Waals surface area contributed by atoms with E-state index in [-0.39, 0.29) is 0 Å². The Hall–Kier alpha value is -2.45. The second-order valence-electron chi connectivity index (χ2n) is 5.23. The van der Waals surface area contributed by atoms with Crippen molar-refractivity contribution in [3.05, 3.63) is 34.7 Å². The van der Waals surface area contributed by atoms with Crippen LogP contribution in [0.15, 0.2) is 29.8 Å². The maximum Gasteiger partial charge on any atom is 0.337 e. The molecule has 1 unspecified atom stereocenters. The molecule has 4 N–H and O–H groups in total. The van der Waals surface area contributed by atoms with Crippen molar-refractivity contribution < 1.29 is 19.8 Å². The van der Waals surface area contributed by atoms with Crippen molar-refractivity contribution in [1.82, 2.24) is 10.3 Å². The predicted octanol–water partition coefficient (Wildman–Crippen LogP) is 2.08. The van der Waals surface area contributed by atoms with Crippen molar-refractivity contribution in [2.45, 2.75) is 19.4 Å². The van der Waals surface area contributed by atoms with Crippen LogP contribution in [0.5, 0.6) is 0 Å². The molecular weight excluding hydrogens is 318 g/mol. The number of aromatic nitrogens is 1. The number of aliphatic carboxylic acids is 1. The molecule has 1 atom stereocenters. The van der Waals surface area contributed by atoms with Gasteiger partial charge in [-0.2, -0.15) is 0 Å². The summed E-state index contributed by atoms with van der Waals surface area (Å²) in [7, 11) is 0. The van der Waals surface area contributed by atoms with Gasteiger partial charge in [-0.05, 0) is 32.0 Å². The minimum Gasteiger partial charge on any atom is -0.479 e. The number of anilines is 1. The van der Waals surface area contributed by atoms with Gasteiger partial charge in [0.15, 0.2) is 5.60 Å². The van der Waals surface area contributed by atoms with Crippen molar-refractivity contribution >= 4 is 29.0 Å². The van der Waals surface area contributed by atoms with Crippen molar-refractivity contribution in [2.24, 2.45) is 0 Å². The lowest BCUT2D eigenvalue weighted by molar-refractivity contribution is -0.155. The molecule has 7 nitrogen and oxygen atoms in total. The molecule has 0 saturated heterocycles. The fraction of sp³-hybridized carbons (Fsp3) is 0.267. The number of hydrogen-bond acceptors (Lipinski definition) is 5. The lowest BCUT2D eigenvalue weighted by Gasteiger charge is -2.18. The molecule has 0 aliphatic rings. The van der Waals surface area contributed by atoms with Crippen molar-refractivity contribution in [1.29, 1.82) is 0 Å². The van der Waals surface area contributed by atoms with Gasteiger partial charge in [0.2, 0.25) is 0 Å². The number of carboxylic acid groups (broad SMARTS) is 1. The zero-order chi connectivity index (χ0) is 17.0. The van der Waals surface area contributed by atoms with Gasteiger partial charge >= 0.3 is 12.0 Å². The van der Waals surface area contributed by atoms with Gasteiger partial charge in [-0.3, -0.25) is 4.98 Å². The highest BCUT2D eigenvalue weighted by Crippen LogP contribution is 2.29. The normalized spacial score (nSPS) is 13.2. The summed E-state index contributed by atoms with van der Waals surface area (Å²) in [5, 5.41) is 25.3. The van der Waals surface area contributed by atoms with E-state index >= 15 is 0 Å². The van der Waals surface area contributed by atoms with Gasteiger partial charge in [0.05, 0.1) is 17.9 Å². The van der Waals surface area contributed by atoms with E-state index in [9.17, 15) is 14.7 Å². The zero-order valence-electron chi connectivity index (χ0n) is 12.7. The SMILES string of the molecule is Cc1cc(-c2ncccc2NC(=O)NCC(C)(O)C(=O)O)cs1. The molecule has 0 fully saturated rings. The van der Waals surface area contributed by atoms with Crippen LogP contribution in [-0.4, -0.2) is 39.3 Å². The van der Waals surface area contributed by atoms with Crippen molar-refractivity contribution in [3.8, 4) is 11.3 Å². The number of urea groups is 1. The number of carboxylic acids is 1. The Labute approximate surface area is 137 Å². The minimum atomic E-state index is -2.03. The molecule has 2 aromatic rings. The van der Waals surface area contributed by atoms with Gasteiger partial charge in [-0.1, -0.05) is 0 Å². The summed E-state index contributed by atoms with van der Waals surface area (Å²) in [5.41, 5.74) is -0.0183. The molecule has 2 amide bonds. The smallest absolute Gasteiger partial charge is 0.337 e. The highest BCUT2D eigenvalue weighted by Gasteiger charge is 2.30. The average Bonchev–Trinajstić information content (AvgIpc) is 2.92. The molecule has 0 radical (unpaired) electrons. The third-order valence-corrected chi connectivity index (χ3v) is 3.98. The quantitative estimate of drug-likeness (QED) is 0.668. The largest absolute Gasteiger partial charge is 0.479 e. The monoisotopic (exact) mass is 335 g/mol. The number of hydrogen-bond donors (Lipinski definition) is 4. The summed E-state index contributed by atoms with van der Waals surface area (Å²) in [4.78, 5) is 28.1. The van der Waals surface area contributed by atoms with Crippen LogP contribution in [0, 0.1) is 6.92 Å². The van der Waals surface area contributed by atoms with Crippen LogP contribution in [0.4, 0.5) is 10.5 Å². The fourth-order valence-electron chi connectivity index (χ4n) is 1.80. The Morgan fingerprint density at radius 3 is 2.78 bits per heavy atom. The van der Waals surface area contributed by atoms with E-state index in [0.29, 0.717) is 11.4 Å². The van der Waals surface area contributed by atoms with Crippen LogP contribution in [0.3, 0.4) is 0 Å². The molecule has 8 heteroatoms. The Bertz CT molecular complexity index is 727. The number of aryl methyl sites for hydroxylation is 1. The van der Waals surface area contributed by atoms with Gasteiger partial charge < -0.3 is 20.8 Å². The molecule has 0 saturated carbocycles. The van der Waals surface area contributed by atoms with E-state index in [1.54, 1.807) is 29.7 Å². The minimum absolute atomic E-state index is 0.415. The third-order valence-electron chi connectivity index (χ3n) is 3.11. The molecule has 2 heterocycles. The second kappa shape index (κ2) is 6.76. The van der Waals surface area contributed by atoms with Gasteiger partial charge in [-0.25, -0.2) is 9.59 Å². The first kappa shape index (κ1) is 16.9. The highest BCUT2D eigenvalue weighted by molar-refractivity contribution is 7.10. The van der Waals surface area contributed by atoms with E-state index < -0.39 is 24.1 Å². The van der Waals surface area contributed by atoms with Crippen molar-refractivity contribution in [3.63, 3.8) is 0 Å². The number of amides is 2. The summed E-state index contributed by atoms with van der Waals surface area (Å²) < 4.78 is 0. The number of aliphatic hydroxyl groups is 1. The van der Waals surface area contributed by atoms with E-state index in [2.05, 4.69) is 15.6 Å². The molecule has 0 aliphatic heterocycles. The van der Waals surface area contributed by atoms with E-state index in [1.165, 1.54) is 0 Å². The maximum absolute atomic E-state index is 11.9. The van der Waals surface area contributed by atoms with Crippen LogP contribution in [0.25, 0.3) is 11.3 Å². The summed E-state index contributed by atoms with van der Waals surface area (Å²) in [6, 6.07) is 4.73. The first-order valence-electron chi connectivity index (χ1n) is 6.81. The maximum atomic E-state index is 11.9. The van der Waals surface area contributed by atoms with E-state index in [4.69, 9.17) is 5.11 Å². The molecule has 2 rings (SSSR count). The lowest BCUT2D eigenvalue weighted by Crippen LogP contribution is -2.47. The number of rotatable bonds is 5. The van der Waals surface area contributed by atoms with Crippen LogP contribution in [0.2, 0.25) is 0 Å². The fourth-order valence-corrected chi connectivity index (χ4v) is 2.49. The molecule has 122 valence electrons. The Balaban J connectivity index is 2.09. The summed E-state index contributed by atoms with van der Waals surface area (Å²) in [5.74, 6) is -1.41. The van der Waals surface area contributed by atoms with Gasteiger partial charge in [0, 0.05) is 22.0 Å². The zero-order valence-corrected chi connectivity index (χ0v) is 13.5. The average molecular weight is 335 g/mol. The van der Waals surface area contributed by atoms with Crippen LogP contribution < -0.4 is 10.6 Å². The Morgan fingerprint density at radius 1 is 1.43 bits per heavy atom. The molecule has 0 bridgehead atoms. The number of carbonyl (C=O) groups is 2. The van der Waals surface area contributed by atoms with Crippen LogP contribution in [0.1, 0.15) is 11.8 Å². The molecule has 2 aromatic heterocycles. The van der Waals surface area contributed by atoms with Gasteiger partial charge in [0.1, 0.15) is 0 Å². The number of carbonyl (C=O) groups excluding carboxylic acids is 1. The predicted molar refractivity (Wildman–Crippen MR) is 87.6 cm³/mol. The topological polar surface area (TPSA) is 112 Å². The van der Waals surface area contributed by atoms with E-state index in [1.807, 2.05) is 18.4 Å². The molecule has 0 aliphatic carbocycles. The first-order valence-corrected chi connectivity index (χ1v) is 7.69. The van der Waals surface area contributed by atoms with Crippen LogP contribution in [-0.2, 0) is 4.79 Å².